The number of anilines is 1. The minimum atomic E-state index is -0.499. The zero-order valence-corrected chi connectivity index (χ0v) is 36.4. The number of hydrogen-bond acceptors (Lipinski definition) is 14. The molecule has 1 N–H and O–H groups in total. The van der Waals surface area contributed by atoms with Crippen molar-refractivity contribution in [2.75, 3.05) is 44.9 Å². The molecule has 0 saturated carbocycles. The van der Waals surface area contributed by atoms with Crippen LogP contribution in [0.2, 0.25) is 5.02 Å². The number of hydrogen-bond donors (Lipinski definition) is 2. The molecule has 5 heterocycles. The molecule has 2 aromatic carbocycles. The van der Waals surface area contributed by atoms with Crippen molar-refractivity contribution in [2.45, 2.75) is 57.4 Å². The summed E-state index contributed by atoms with van der Waals surface area (Å²) in [5, 5.41) is 21.3. The van der Waals surface area contributed by atoms with E-state index in [1.165, 1.54) is 4.88 Å². The number of rotatable bonds is 18. The van der Waals surface area contributed by atoms with Crippen LogP contribution >= 0.6 is 46.9 Å². The number of nitrogens with one attached hydrogen (secondary N) is 1. The Labute approximate surface area is 361 Å². The highest BCUT2D eigenvalue weighted by Gasteiger charge is 2.32. The summed E-state index contributed by atoms with van der Waals surface area (Å²) in [6.45, 7) is 7.91. The van der Waals surface area contributed by atoms with Gasteiger partial charge in [-0.15, -0.1) is 45.5 Å². The number of carbonyl (C=O) groups is 2. The van der Waals surface area contributed by atoms with Crippen LogP contribution in [0.3, 0.4) is 0 Å². The van der Waals surface area contributed by atoms with E-state index in [4.69, 9.17) is 26.2 Å². The Bertz CT molecular complexity index is 2500. The van der Waals surface area contributed by atoms with Crippen molar-refractivity contribution in [1.82, 2.24) is 30.0 Å². The van der Waals surface area contributed by atoms with Crippen LogP contribution in [-0.4, -0.2) is 88.3 Å². The summed E-state index contributed by atoms with van der Waals surface area (Å²) >= 11 is 14.1. The van der Waals surface area contributed by atoms with Gasteiger partial charge >= 0.3 is 0 Å². The van der Waals surface area contributed by atoms with Gasteiger partial charge < -0.3 is 19.8 Å². The molecule has 4 aromatic heterocycles. The molecule has 1 aliphatic rings. The highest BCUT2D eigenvalue weighted by atomic mass is 35.5. The number of pyridine rings is 1. The molecule has 1 aliphatic heterocycles. The molecular weight excluding hydrogens is 826 g/mol. The smallest absolute Gasteiger partial charge is 0.254 e. The zero-order valence-electron chi connectivity index (χ0n) is 33.1. The minimum absolute atomic E-state index is 0.0667. The van der Waals surface area contributed by atoms with Crippen LogP contribution in [0.15, 0.2) is 75.3 Å². The first kappa shape index (κ1) is 42.1. The summed E-state index contributed by atoms with van der Waals surface area (Å²) in [7, 11) is 1.89. The molecule has 0 radical (unpaired) electrons. The Morgan fingerprint density at radius 1 is 1.08 bits per heavy atom. The van der Waals surface area contributed by atoms with Gasteiger partial charge in [-0.1, -0.05) is 41.0 Å². The average Bonchev–Trinajstić information content (AvgIpc) is 3.94. The molecule has 0 saturated heterocycles. The number of aromatic nitrogens is 5. The van der Waals surface area contributed by atoms with Gasteiger partial charge in [-0.25, -0.2) is 4.98 Å². The standard InChI is InChI=1S/C42H44ClN9O4S3/c1-25-26(2)59-42-36(25)37(28-10-12-29(43)13-11-28)48-33(40-50-49-27(3)52(40)42)23-30(53)7-6-19-55-20-21-56-47-16-18-51(4)39-31-8-5-9-34(57)38(31)46-24-32(39)41(54)45-15-14-35-44-17-22-58-35/h5,8-13,16-17,22,24,33,57H,6-7,14-15,18-21,23H2,1-4H3,(H,45,54)/b47-16-/t33-/m0/s1. The molecule has 0 aliphatic carbocycles. The van der Waals surface area contributed by atoms with Crippen LogP contribution in [0.25, 0.3) is 15.9 Å². The van der Waals surface area contributed by atoms with Gasteiger partial charge in [-0.3, -0.25) is 24.1 Å². The SMILES string of the molecule is Cc1sc2c(c1C)C(c1ccc(Cl)cc1)=N[C@@H](CC(=O)CCCOCCO/N=C\CN(C)c1c(C(=O)NCCc3nccs3)cnc3c(S)cccc13)c1nnc(C)n1-2. The lowest BCUT2D eigenvalue weighted by molar-refractivity contribution is -0.119. The monoisotopic (exact) mass is 869 g/mol. The summed E-state index contributed by atoms with van der Waals surface area (Å²) in [4.78, 5) is 50.1. The number of oxime groups is 1. The number of thiol groups is 1. The zero-order chi connectivity index (χ0) is 41.5. The van der Waals surface area contributed by atoms with Gasteiger partial charge in [-0.05, 0) is 51.0 Å². The second kappa shape index (κ2) is 19.4. The molecule has 1 atom stereocenters. The number of carbonyl (C=O) groups excluding carboxylic acids is 2. The molecule has 0 bridgehead atoms. The number of thiazole rings is 1. The van der Waals surface area contributed by atoms with Crippen molar-refractivity contribution in [1.29, 1.82) is 0 Å². The number of nitrogens with zero attached hydrogens (tertiary/aromatic N) is 8. The van der Waals surface area contributed by atoms with Crippen LogP contribution in [0.1, 0.15) is 73.9 Å². The number of benzene rings is 2. The van der Waals surface area contributed by atoms with Crippen LogP contribution in [0, 0.1) is 20.8 Å². The van der Waals surface area contributed by atoms with Gasteiger partial charge in [0.05, 0.1) is 46.9 Å². The Kier molecular flexibility index (Phi) is 13.8. The topological polar surface area (TPSA) is 149 Å². The Morgan fingerprint density at radius 2 is 1.92 bits per heavy atom. The summed E-state index contributed by atoms with van der Waals surface area (Å²) in [6, 6.07) is 12.8. The highest BCUT2D eigenvalue weighted by Crippen LogP contribution is 2.40. The molecule has 6 aromatic rings. The first-order valence-electron chi connectivity index (χ1n) is 19.2. The number of para-hydroxylation sites is 1. The summed E-state index contributed by atoms with van der Waals surface area (Å²) in [5.74, 6) is 1.25. The lowest BCUT2D eigenvalue weighted by Crippen LogP contribution is -2.29. The molecule has 59 heavy (non-hydrogen) atoms. The molecular formula is C42H44ClN9O4S3. The summed E-state index contributed by atoms with van der Waals surface area (Å²) in [6.07, 6.45) is 6.71. The van der Waals surface area contributed by atoms with E-state index in [0.717, 1.165) is 48.5 Å². The maximum Gasteiger partial charge on any atom is 0.254 e. The van der Waals surface area contributed by atoms with Crippen LogP contribution in [0.5, 0.6) is 0 Å². The van der Waals surface area contributed by atoms with E-state index in [1.54, 1.807) is 41.3 Å². The lowest BCUT2D eigenvalue weighted by Gasteiger charge is -2.22. The second-order valence-corrected chi connectivity index (χ2v) is 17.1. The van der Waals surface area contributed by atoms with Crippen molar-refractivity contribution in [3.63, 3.8) is 0 Å². The Hall–Kier alpha value is -5.00. The fraction of sp³-hybridized carbons (Fsp3) is 0.333. The minimum Gasteiger partial charge on any atom is -0.394 e. The number of ether oxygens (including phenoxy) is 1. The van der Waals surface area contributed by atoms with Crippen LogP contribution in [0.4, 0.5) is 5.69 Å². The molecule has 1 amide bonds. The Balaban J connectivity index is 0.889. The predicted octanol–water partition coefficient (Wildman–Crippen LogP) is 7.96. The van der Waals surface area contributed by atoms with E-state index in [1.807, 2.05) is 66.7 Å². The van der Waals surface area contributed by atoms with Crippen LogP contribution < -0.4 is 10.2 Å². The number of fused-ring (bicyclic) bond motifs is 4. The number of halogens is 1. The molecule has 13 nitrogen and oxygen atoms in total. The molecule has 306 valence electrons. The van der Waals surface area contributed by atoms with Gasteiger partial charge in [0, 0.05) is 88.5 Å². The maximum atomic E-state index is 13.4. The molecule has 0 fully saturated rings. The third-order valence-electron chi connectivity index (χ3n) is 9.93. The molecule has 0 spiro atoms. The first-order chi connectivity index (χ1) is 28.6. The van der Waals surface area contributed by atoms with Gasteiger partial charge in [0.25, 0.3) is 5.91 Å². The van der Waals surface area contributed by atoms with E-state index < -0.39 is 6.04 Å². The number of thiophene rings is 1. The van der Waals surface area contributed by atoms with E-state index in [2.05, 4.69) is 61.7 Å². The second-order valence-electron chi connectivity index (χ2n) is 14.0. The number of Topliss-reactive ketones (excluding diaryl/α,β-unsaturated/α-hetero) is 1. The molecule has 0 unspecified atom stereocenters. The van der Waals surface area contributed by atoms with Crippen molar-refractivity contribution in [2.24, 2.45) is 10.1 Å². The van der Waals surface area contributed by atoms with Crippen LogP contribution in [-0.2, 0) is 20.8 Å². The number of ketones is 1. The normalized spacial score (nSPS) is 13.6. The van der Waals surface area contributed by atoms with E-state index in [-0.39, 0.29) is 24.7 Å². The van der Waals surface area contributed by atoms with Crippen molar-refractivity contribution in [3.8, 4) is 5.00 Å². The summed E-state index contributed by atoms with van der Waals surface area (Å²) < 4.78 is 7.81. The first-order valence-corrected chi connectivity index (χ1v) is 21.7. The highest BCUT2D eigenvalue weighted by molar-refractivity contribution is 7.80. The van der Waals surface area contributed by atoms with E-state index in [0.29, 0.717) is 73.2 Å². The van der Waals surface area contributed by atoms with Gasteiger partial charge in [0.1, 0.15) is 29.3 Å². The van der Waals surface area contributed by atoms with Gasteiger partial charge in [-0.2, -0.15) is 0 Å². The third-order valence-corrected chi connectivity index (χ3v) is 12.6. The van der Waals surface area contributed by atoms with Crippen molar-refractivity contribution < 1.29 is 19.2 Å². The predicted molar refractivity (Wildman–Crippen MR) is 238 cm³/mol. The fourth-order valence-corrected chi connectivity index (χ4v) is 9.12. The Morgan fingerprint density at radius 3 is 2.71 bits per heavy atom. The third kappa shape index (κ3) is 9.73. The lowest BCUT2D eigenvalue weighted by atomic mass is 9.99. The van der Waals surface area contributed by atoms with Gasteiger partial charge in [0.15, 0.2) is 5.82 Å². The number of aliphatic imine (C=N–C) groups is 1. The quantitative estimate of drug-likeness (QED) is 0.0380. The van der Waals surface area contributed by atoms with Gasteiger partial charge in [0.2, 0.25) is 0 Å². The molecule has 17 heteroatoms. The largest absolute Gasteiger partial charge is 0.394 e. The molecule has 7 rings (SSSR count). The van der Waals surface area contributed by atoms with Crippen molar-refractivity contribution >= 4 is 87.1 Å². The van der Waals surface area contributed by atoms with Crippen molar-refractivity contribution in [3.05, 3.63) is 109 Å². The number of aryl methyl sites for hydroxylation is 2. The fourth-order valence-electron chi connectivity index (χ4n) is 6.90. The van der Waals surface area contributed by atoms with E-state index in [9.17, 15) is 9.59 Å². The average molecular weight is 871 g/mol. The number of amides is 1. The van der Waals surface area contributed by atoms with E-state index >= 15 is 0 Å². The summed E-state index contributed by atoms with van der Waals surface area (Å²) in [5.41, 5.74) is 5.79. The maximum absolute atomic E-state index is 13.4.